The number of aromatic nitrogens is 2. The van der Waals surface area contributed by atoms with Crippen LogP contribution in [-0.2, 0) is 17.6 Å². The van der Waals surface area contributed by atoms with Gasteiger partial charge in [-0.3, -0.25) is 14.2 Å². The van der Waals surface area contributed by atoms with Crippen LogP contribution >= 0.6 is 34.7 Å². The number of thioether (sulfide) groups is 1. The highest BCUT2D eigenvalue weighted by molar-refractivity contribution is 7.99. The SMILES string of the molecule is CNC(=O)CSc1nc2sc3c(c2c(=O)n1-c1ccc(C)c(Cl)c1)CCCC3. The quantitative estimate of drug-likeness (QED) is 0.496. The summed E-state index contributed by atoms with van der Waals surface area (Å²) in [6.45, 7) is 1.92. The van der Waals surface area contributed by atoms with E-state index in [-0.39, 0.29) is 17.2 Å². The molecule has 0 aliphatic heterocycles. The predicted octanol–water partition coefficient (Wildman–Crippen LogP) is 4.13. The lowest BCUT2D eigenvalue weighted by atomic mass is 9.97. The normalized spacial score (nSPS) is 13.5. The van der Waals surface area contributed by atoms with E-state index in [2.05, 4.69) is 5.32 Å². The van der Waals surface area contributed by atoms with Crippen LogP contribution in [0, 0.1) is 6.92 Å². The van der Waals surface area contributed by atoms with Gasteiger partial charge in [-0.25, -0.2) is 4.98 Å². The Bertz CT molecular complexity index is 1140. The average Bonchev–Trinajstić information content (AvgIpc) is 3.07. The van der Waals surface area contributed by atoms with Crippen molar-refractivity contribution in [3.8, 4) is 5.69 Å². The van der Waals surface area contributed by atoms with Crippen LogP contribution in [-0.4, -0.2) is 28.3 Å². The minimum absolute atomic E-state index is 0.0799. The Labute approximate surface area is 176 Å². The van der Waals surface area contributed by atoms with E-state index in [0.29, 0.717) is 15.9 Å². The third-order valence-corrected chi connectivity index (χ3v) is 7.51. The number of thiophene rings is 1. The lowest BCUT2D eigenvalue weighted by Crippen LogP contribution is -2.24. The van der Waals surface area contributed by atoms with Crippen LogP contribution < -0.4 is 10.9 Å². The molecule has 0 fully saturated rings. The molecular formula is C20H20ClN3O2S2. The highest BCUT2D eigenvalue weighted by atomic mass is 35.5. The molecule has 0 saturated carbocycles. The number of nitrogens with zero attached hydrogens (tertiary/aromatic N) is 2. The van der Waals surface area contributed by atoms with Gasteiger partial charge in [-0.2, -0.15) is 0 Å². The Morgan fingerprint density at radius 3 is 2.89 bits per heavy atom. The number of halogens is 1. The molecule has 2 heterocycles. The van der Waals surface area contributed by atoms with Gasteiger partial charge in [-0.05, 0) is 55.9 Å². The Morgan fingerprint density at radius 2 is 2.14 bits per heavy atom. The molecule has 1 N–H and O–H groups in total. The highest BCUT2D eigenvalue weighted by Crippen LogP contribution is 2.35. The zero-order valence-corrected chi connectivity index (χ0v) is 18.1. The van der Waals surface area contributed by atoms with Crippen LogP contribution in [0.25, 0.3) is 15.9 Å². The second-order valence-electron chi connectivity index (χ2n) is 6.82. The number of aryl methyl sites for hydroxylation is 3. The maximum absolute atomic E-state index is 13.6. The standard InChI is InChI=1S/C20H20ClN3O2S2/c1-11-7-8-12(9-14(11)21)24-19(26)17-13-5-3-4-6-15(13)28-18(17)23-20(24)27-10-16(25)22-2/h7-9H,3-6,10H2,1-2H3,(H,22,25). The largest absolute Gasteiger partial charge is 0.358 e. The average molecular weight is 434 g/mol. The molecule has 0 spiro atoms. The molecule has 8 heteroatoms. The molecule has 28 heavy (non-hydrogen) atoms. The van der Waals surface area contributed by atoms with E-state index in [1.54, 1.807) is 29.0 Å². The summed E-state index contributed by atoms with van der Waals surface area (Å²) in [7, 11) is 1.60. The summed E-state index contributed by atoms with van der Waals surface area (Å²) >= 11 is 9.20. The Balaban J connectivity index is 1.95. The summed E-state index contributed by atoms with van der Waals surface area (Å²) in [5, 5.41) is 4.44. The fourth-order valence-electron chi connectivity index (χ4n) is 3.43. The molecule has 0 unspecified atom stereocenters. The highest BCUT2D eigenvalue weighted by Gasteiger charge is 2.23. The van der Waals surface area contributed by atoms with Gasteiger partial charge in [0.05, 0.1) is 16.8 Å². The molecule has 4 rings (SSSR count). The molecule has 0 saturated heterocycles. The van der Waals surface area contributed by atoms with E-state index in [4.69, 9.17) is 16.6 Å². The summed E-state index contributed by atoms with van der Waals surface area (Å²) in [4.78, 5) is 32.2. The van der Waals surface area contributed by atoms with Gasteiger partial charge in [0.15, 0.2) is 5.16 Å². The van der Waals surface area contributed by atoms with E-state index in [0.717, 1.165) is 47.0 Å². The number of carbonyl (C=O) groups is 1. The van der Waals surface area contributed by atoms with Crippen LogP contribution in [0.1, 0.15) is 28.8 Å². The summed E-state index contributed by atoms with van der Waals surface area (Å²) in [6, 6.07) is 5.55. The van der Waals surface area contributed by atoms with Crippen molar-refractivity contribution in [1.82, 2.24) is 14.9 Å². The summed E-state index contributed by atoms with van der Waals surface area (Å²) in [5.74, 6) is 0.0809. The number of amides is 1. The Kier molecular flexibility index (Phi) is 5.49. The number of carbonyl (C=O) groups excluding carboxylic acids is 1. The van der Waals surface area contributed by atoms with Crippen LogP contribution in [0.4, 0.5) is 0 Å². The molecule has 0 atom stereocenters. The van der Waals surface area contributed by atoms with E-state index < -0.39 is 0 Å². The van der Waals surface area contributed by atoms with Crippen LogP contribution in [0.15, 0.2) is 28.2 Å². The van der Waals surface area contributed by atoms with E-state index in [9.17, 15) is 9.59 Å². The molecule has 1 amide bonds. The van der Waals surface area contributed by atoms with Crippen LogP contribution in [0.3, 0.4) is 0 Å². The number of rotatable bonds is 4. The monoisotopic (exact) mass is 433 g/mol. The van der Waals surface area contributed by atoms with Crippen molar-refractivity contribution in [1.29, 1.82) is 0 Å². The molecule has 3 aromatic rings. The van der Waals surface area contributed by atoms with Crippen molar-refractivity contribution in [2.75, 3.05) is 12.8 Å². The van der Waals surface area contributed by atoms with Gasteiger partial charge in [-0.15, -0.1) is 11.3 Å². The lowest BCUT2D eigenvalue weighted by molar-refractivity contribution is -0.118. The molecule has 0 bridgehead atoms. The molecule has 1 aliphatic carbocycles. The Morgan fingerprint density at radius 1 is 1.36 bits per heavy atom. The molecule has 1 aliphatic rings. The first-order valence-electron chi connectivity index (χ1n) is 9.17. The second kappa shape index (κ2) is 7.89. The van der Waals surface area contributed by atoms with Gasteiger partial charge >= 0.3 is 0 Å². The van der Waals surface area contributed by atoms with Crippen molar-refractivity contribution in [3.05, 3.63) is 49.6 Å². The number of fused-ring (bicyclic) bond motifs is 3. The molecule has 146 valence electrons. The number of hydrogen-bond acceptors (Lipinski definition) is 5. The first kappa shape index (κ1) is 19.5. The van der Waals surface area contributed by atoms with Gasteiger partial charge < -0.3 is 5.32 Å². The minimum atomic E-state index is -0.113. The maximum atomic E-state index is 13.6. The lowest BCUT2D eigenvalue weighted by Gasteiger charge is -2.14. The molecule has 0 radical (unpaired) electrons. The Hall–Kier alpha value is -1.83. The minimum Gasteiger partial charge on any atom is -0.358 e. The smallest absolute Gasteiger partial charge is 0.267 e. The first-order valence-corrected chi connectivity index (χ1v) is 11.3. The van der Waals surface area contributed by atoms with Crippen molar-refractivity contribution in [2.24, 2.45) is 0 Å². The van der Waals surface area contributed by atoms with Gasteiger partial charge in [0.1, 0.15) is 4.83 Å². The third-order valence-electron chi connectivity index (χ3n) is 4.98. The fraction of sp³-hybridized carbons (Fsp3) is 0.350. The zero-order valence-electron chi connectivity index (χ0n) is 15.7. The number of hydrogen-bond donors (Lipinski definition) is 1. The van der Waals surface area contributed by atoms with Gasteiger partial charge in [0, 0.05) is 16.9 Å². The second-order valence-corrected chi connectivity index (χ2v) is 9.25. The number of benzene rings is 1. The van der Waals surface area contributed by atoms with Gasteiger partial charge in [-0.1, -0.05) is 29.4 Å². The zero-order chi connectivity index (χ0) is 19.8. The van der Waals surface area contributed by atoms with Crippen molar-refractivity contribution in [3.63, 3.8) is 0 Å². The fourth-order valence-corrected chi connectivity index (χ4v) is 5.80. The van der Waals surface area contributed by atoms with Crippen molar-refractivity contribution < 1.29 is 4.79 Å². The van der Waals surface area contributed by atoms with Crippen LogP contribution in [0.2, 0.25) is 5.02 Å². The molecule has 5 nitrogen and oxygen atoms in total. The maximum Gasteiger partial charge on any atom is 0.267 e. The predicted molar refractivity (Wildman–Crippen MR) is 116 cm³/mol. The van der Waals surface area contributed by atoms with Gasteiger partial charge in [0.2, 0.25) is 5.91 Å². The topological polar surface area (TPSA) is 64.0 Å². The van der Waals surface area contributed by atoms with Crippen molar-refractivity contribution >= 4 is 50.8 Å². The first-order chi connectivity index (χ1) is 13.5. The van der Waals surface area contributed by atoms with E-state index >= 15 is 0 Å². The van der Waals surface area contributed by atoms with Crippen molar-refractivity contribution in [2.45, 2.75) is 37.8 Å². The third kappa shape index (κ3) is 3.47. The van der Waals surface area contributed by atoms with E-state index in [1.165, 1.54) is 16.6 Å². The van der Waals surface area contributed by atoms with Crippen LogP contribution in [0.5, 0.6) is 0 Å². The summed E-state index contributed by atoms with van der Waals surface area (Å²) in [6.07, 6.45) is 4.18. The molecule has 2 aromatic heterocycles. The molecule has 1 aromatic carbocycles. The van der Waals surface area contributed by atoms with E-state index in [1.807, 2.05) is 19.1 Å². The summed E-state index contributed by atoms with van der Waals surface area (Å²) in [5.41, 5.74) is 2.69. The number of nitrogens with one attached hydrogen (secondary N) is 1. The summed E-state index contributed by atoms with van der Waals surface area (Å²) < 4.78 is 1.60. The van der Waals surface area contributed by atoms with Gasteiger partial charge in [0.25, 0.3) is 5.56 Å². The molecular weight excluding hydrogens is 414 g/mol.